The van der Waals surface area contributed by atoms with Crippen LogP contribution < -0.4 is 14.8 Å². The zero-order valence-electron chi connectivity index (χ0n) is 13.4. The van der Waals surface area contributed by atoms with E-state index in [2.05, 4.69) is 5.32 Å². The van der Waals surface area contributed by atoms with Crippen molar-refractivity contribution in [2.75, 3.05) is 40.5 Å². The third-order valence-electron chi connectivity index (χ3n) is 3.72. The summed E-state index contributed by atoms with van der Waals surface area (Å²) < 4.78 is 16.1. The third kappa shape index (κ3) is 3.90. The number of ether oxygens (including phenoxy) is 3. The Balaban J connectivity index is 2.07. The van der Waals surface area contributed by atoms with E-state index >= 15 is 0 Å². The fraction of sp³-hybridized carbons (Fsp3) is 0.562. The van der Waals surface area contributed by atoms with Gasteiger partial charge in [0.05, 0.1) is 20.8 Å². The van der Waals surface area contributed by atoms with E-state index in [1.807, 2.05) is 25.1 Å². The van der Waals surface area contributed by atoms with Crippen LogP contribution in [-0.4, -0.2) is 57.4 Å². The van der Waals surface area contributed by atoms with Gasteiger partial charge in [0.15, 0.2) is 11.5 Å². The molecule has 1 saturated heterocycles. The van der Waals surface area contributed by atoms with Gasteiger partial charge in [0.25, 0.3) is 5.91 Å². The summed E-state index contributed by atoms with van der Waals surface area (Å²) in [6, 6.07) is 5.69. The van der Waals surface area contributed by atoms with E-state index in [1.165, 1.54) is 0 Å². The minimum Gasteiger partial charge on any atom is -0.493 e. The van der Waals surface area contributed by atoms with Crippen molar-refractivity contribution >= 4 is 5.91 Å². The quantitative estimate of drug-likeness (QED) is 0.851. The van der Waals surface area contributed by atoms with Crippen molar-refractivity contribution < 1.29 is 19.0 Å². The molecule has 122 valence electrons. The summed E-state index contributed by atoms with van der Waals surface area (Å²) in [5, 5.41) is 3.18. The van der Waals surface area contributed by atoms with Crippen LogP contribution in [0.1, 0.15) is 12.5 Å². The minimum absolute atomic E-state index is 0.0180. The van der Waals surface area contributed by atoms with E-state index in [-0.39, 0.29) is 5.91 Å². The van der Waals surface area contributed by atoms with Crippen LogP contribution in [0.2, 0.25) is 0 Å². The van der Waals surface area contributed by atoms with Crippen molar-refractivity contribution in [2.24, 2.45) is 0 Å². The second-order valence-corrected chi connectivity index (χ2v) is 5.11. The first kappa shape index (κ1) is 16.6. The number of benzene rings is 1. The van der Waals surface area contributed by atoms with E-state index in [0.717, 1.165) is 12.1 Å². The lowest BCUT2D eigenvalue weighted by Gasteiger charge is -2.29. The highest BCUT2D eigenvalue weighted by atomic mass is 16.5. The van der Waals surface area contributed by atoms with E-state index < -0.39 is 6.10 Å². The molecule has 0 bridgehead atoms. The molecule has 1 aliphatic rings. The molecule has 0 aromatic heterocycles. The molecule has 1 aromatic carbocycles. The van der Waals surface area contributed by atoms with Gasteiger partial charge in [0, 0.05) is 26.2 Å². The normalized spacial score (nSPS) is 17.9. The lowest BCUT2D eigenvalue weighted by atomic mass is 10.1. The molecule has 1 heterocycles. The Morgan fingerprint density at radius 1 is 1.36 bits per heavy atom. The van der Waals surface area contributed by atoms with Crippen molar-refractivity contribution in [3.05, 3.63) is 23.8 Å². The largest absolute Gasteiger partial charge is 0.493 e. The van der Waals surface area contributed by atoms with Crippen molar-refractivity contribution in [3.8, 4) is 11.5 Å². The predicted octanol–water partition coefficient (Wildman–Crippen LogP) is 1.04. The maximum absolute atomic E-state index is 12.5. The summed E-state index contributed by atoms with van der Waals surface area (Å²) in [5.74, 6) is 1.36. The van der Waals surface area contributed by atoms with Crippen LogP contribution >= 0.6 is 0 Å². The molecule has 0 saturated carbocycles. The van der Waals surface area contributed by atoms with Crippen molar-refractivity contribution in [1.82, 2.24) is 10.2 Å². The topological polar surface area (TPSA) is 60.0 Å². The molecule has 6 nitrogen and oxygen atoms in total. The number of hydrogen-bond donors (Lipinski definition) is 1. The van der Waals surface area contributed by atoms with E-state index in [9.17, 15) is 4.79 Å². The Kier molecular flexibility index (Phi) is 6.03. The van der Waals surface area contributed by atoms with Crippen LogP contribution in [0.3, 0.4) is 0 Å². The van der Waals surface area contributed by atoms with Crippen molar-refractivity contribution in [3.63, 3.8) is 0 Å². The molecule has 1 aliphatic heterocycles. The molecule has 1 atom stereocenters. The molecule has 0 spiro atoms. The van der Waals surface area contributed by atoms with Gasteiger partial charge in [0.1, 0.15) is 6.10 Å². The van der Waals surface area contributed by atoms with Crippen LogP contribution in [0.15, 0.2) is 18.2 Å². The monoisotopic (exact) mass is 308 g/mol. The van der Waals surface area contributed by atoms with Gasteiger partial charge >= 0.3 is 0 Å². The second kappa shape index (κ2) is 8.00. The molecule has 0 aliphatic carbocycles. The van der Waals surface area contributed by atoms with Crippen LogP contribution in [0, 0.1) is 0 Å². The zero-order chi connectivity index (χ0) is 15.9. The Morgan fingerprint density at radius 3 is 2.73 bits per heavy atom. The highest BCUT2D eigenvalue weighted by molar-refractivity contribution is 5.81. The van der Waals surface area contributed by atoms with Gasteiger partial charge in [-0.2, -0.15) is 0 Å². The number of carbonyl (C=O) groups is 1. The molecule has 1 amide bonds. The maximum atomic E-state index is 12.5. The van der Waals surface area contributed by atoms with E-state index in [4.69, 9.17) is 14.2 Å². The van der Waals surface area contributed by atoms with Crippen LogP contribution in [-0.2, 0) is 16.1 Å². The Hall–Kier alpha value is -1.79. The average molecular weight is 308 g/mol. The second-order valence-electron chi connectivity index (χ2n) is 5.11. The van der Waals surface area contributed by atoms with Crippen molar-refractivity contribution in [1.29, 1.82) is 0 Å². The van der Waals surface area contributed by atoms with Gasteiger partial charge in [-0.05, 0) is 24.6 Å². The number of morpholine rings is 1. The predicted molar refractivity (Wildman–Crippen MR) is 83.2 cm³/mol. The average Bonchev–Trinajstić information content (AvgIpc) is 2.59. The first-order valence-corrected chi connectivity index (χ1v) is 7.51. The fourth-order valence-electron chi connectivity index (χ4n) is 2.47. The Morgan fingerprint density at radius 2 is 2.14 bits per heavy atom. The van der Waals surface area contributed by atoms with Gasteiger partial charge < -0.3 is 24.4 Å². The molecule has 1 fully saturated rings. The highest BCUT2D eigenvalue weighted by Gasteiger charge is 2.26. The summed E-state index contributed by atoms with van der Waals surface area (Å²) in [6.07, 6.45) is -0.395. The first-order chi connectivity index (χ1) is 10.7. The molecule has 2 rings (SSSR count). The first-order valence-electron chi connectivity index (χ1n) is 7.51. The Bertz CT molecular complexity index is 501. The standard InChI is InChI=1S/C16H24N2O4/c1-4-18(16(19)15-10-17-7-8-22-15)11-12-5-6-13(20-2)14(9-12)21-3/h5-6,9,15,17H,4,7-8,10-11H2,1-3H3/t15-/m0/s1. The lowest BCUT2D eigenvalue weighted by molar-refractivity contribution is -0.145. The van der Waals surface area contributed by atoms with Gasteiger partial charge in [-0.25, -0.2) is 0 Å². The van der Waals surface area contributed by atoms with E-state index in [1.54, 1.807) is 19.1 Å². The fourth-order valence-corrected chi connectivity index (χ4v) is 2.47. The SMILES string of the molecule is CCN(Cc1ccc(OC)c(OC)c1)C(=O)[C@@H]1CNCCO1. The van der Waals surface area contributed by atoms with Crippen LogP contribution in [0.5, 0.6) is 11.5 Å². The number of nitrogens with one attached hydrogen (secondary N) is 1. The number of rotatable bonds is 6. The van der Waals surface area contributed by atoms with Crippen molar-refractivity contribution in [2.45, 2.75) is 19.6 Å². The molecule has 0 radical (unpaired) electrons. The molecule has 1 aromatic rings. The van der Waals surface area contributed by atoms with Gasteiger partial charge in [-0.15, -0.1) is 0 Å². The Labute approximate surface area is 131 Å². The van der Waals surface area contributed by atoms with Gasteiger partial charge in [-0.1, -0.05) is 6.07 Å². The zero-order valence-corrected chi connectivity index (χ0v) is 13.4. The third-order valence-corrected chi connectivity index (χ3v) is 3.72. The number of likely N-dealkylation sites (N-methyl/N-ethyl adjacent to an activating group) is 1. The molecule has 6 heteroatoms. The van der Waals surface area contributed by atoms with Crippen LogP contribution in [0.25, 0.3) is 0 Å². The smallest absolute Gasteiger partial charge is 0.253 e. The summed E-state index contributed by atoms with van der Waals surface area (Å²) in [4.78, 5) is 14.3. The summed E-state index contributed by atoms with van der Waals surface area (Å²) in [6.45, 7) is 5.06. The molecular weight excluding hydrogens is 284 g/mol. The maximum Gasteiger partial charge on any atom is 0.253 e. The number of nitrogens with zero attached hydrogens (tertiary/aromatic N) is 1. The number of methoxy groups -OCH3 is 2. The summed E-state index contributed by atoms with van der Waals surface area (Å²) in [7, 11) is 3.21. The van der Waals surface area contributed by atoms with E-state index in [0.29, 0.717) is 37.7 Å². The molecular formula is C16H24N2O4. The lowest BCUT2D eigenvalue weighted by Crippen LogP contribution is -2.49. The highest BCUT2D eigenvalue weighted by Crippen LogP contribution is 2.28. The number of hydrogen-bond acceptors (Lipinski definition) is 5. The summed E-state index contributed by atoms with van der Waals surface area (Å²) >= 11 is 0. The molecule has 1 N–H and O–H groups in total. The minimum atomic E-state index is -0.395. The molecule has 22 heavy (non-hydrogen) atoms. The van der Waals surface area contributed by atoms with Crippen LogP contribution in [0.4, 0.5) is 0 Å². The number of amides is 1. The molecule has 0 unspecified atom stereocenters. The van der Waals surface area contributed by atoms with Gasteiger partial charge in [0.2, 0.25) is 0 Å². The van der Waals surface area contributed by atoms with Gasteiger partial charge in [-0.3, -0.25) is 4.79 Å². The summed E-state index contributed by atoms with van der Waals surface area (Å²) in [5.41, 5.74) is 0.997. The number of carbonyl (C=O) groups excluding carboxylic acids is 1.